The second-order valence-corrected chi connectivity index (χ2v) is 9.76. The van der Waals surface area contributed by atoms with Crippen LogP contribution in [0.4, 0.5) is 5.69 Å². The molecule has 9 nitrogen and oxygen atoms in total. The largest absolute Gasteiger partial charge is 0.466 e. The van der Waals surface area contributed by atoms with Crippen molar-refractivity contribution in [3.8, 4) is 0 Å². The summed E-state index contributed by atoms with van der Waals surface area (Å²) in [5, 5.41) is 8.27. The minimum atomic E-state index is -0.422. The zero-order valence-electron chi connectivity index (χ0n) is 22.5. The van der Waals surface area contributed by atoms with Crippen LogP contribution in [0.3, 0.4) is 0 Å². The van der Waals surface area contributed by atoms with Gasteiger partial charge in [-0.3, -0.25) is 19.3 Å². The van der Waals surface area contributed by atoms with E-state index in [1.165, 1.54) is 16.8 Å². The second kappa shape index (κ2) is 12.7. The molecule has 0 unspecified atom stereocenters. The fourth-order valence-corrected chi connectivity index (χ4v) is 4.99. The molecule has 1 N–H and O–H groups in total. The Morgan fingerprint density at radius 1 is 1.03 bits per heavy atom. The lowest BCUT2D eigenvalue weighted by Crippen LogP contribution is -2.47. The molecule has 1 fully saturated rings. The molecule has 4 rings (SSSR count). The molecule has 0 spiro atoms. The van der Waals surface area contributed by atoms with Gasteiger partial charge in [-0.15, -0.1) is 0 Å². The van der Waals surface area contributed by atoms with Gasteiger partial charge in [0.2, 0.25) is 5.91 Å². The van der Waals surface area contributed by atoms with Crippen LogP contribution in [-0.4, -0.2) is 72.4 Å². The number of carbonyl (C=O) groups is 2. The highest BCUT2D eigenvalue weighted by Crippen LogP contribution is 2.22. The first-order chi connectivity index (χ1) is 18.4. The third-order valence-corrected chi connectivity index (χ3v) is 6.89. The van der Waals surface area contributed by atoms with Crippen LogP contribution in [0.15, 0.2) is 47.3 Å². The van der Waals surface area contributed by atoms with E-state index in [9.17, 15) is 14.4 Å². The lowest BCUT2D eigenvalue weighted by Gasteiger charge is -2.37. The van der Waals surface area contributed by atoms with E-state index in [0.717, 1.165) is 43.8 Å². The van der Waals surface area contributed by atoms with E-state index in [0.29, 0.717) is 23.0 Å². The van der Waals surface area contributed by atoms with Crippen LogP contribution in [0, 0.1) is 13.8 Å². The number of ether oxygens (including phenoxy) is 1. The summed E-state index contributed by atoms with van der Waals surface area (Å²) < 4.78 is 6.18. The van der Waals surface area contributed by atoms with Crippen LogP contribution < -0.4 is 15.8 Å². The number of rotatable bonds is 10. The second-order valence-electron chi connectivity index (χ2n) is 9.76. The summed E-state index contributed by atoms with van der Waals surface area (Å²) in [6.45, 7) is 11.5. The fraction of sp³-hybridized carbons (Fsp3) is 0.448. The lowest BCUT2D eigenvalue weighted by molar-refractivity contribution is -0.142. The summed E-state index contributed by atoms with van der Waals surface area (Å²) in [4.78, 5) is 42.5. The van der Waals surface area contributed by atoms with Crippen molar-refractivity contribution >= 4 is 28.3 Å². The molecule has 0 saturated carbocycles. The number of anilines is 1. The van der Waals surface area contributed by atoms with E-state index >= 15 is 0 Å². The maximum atomic E-state index is 12.9. The molecule has 0 radical (unpaired) electrons. The van der Waals surface area contributed by atoms with E-state index in [4.69, 9.17) is 4.74 Å². The molecule has 1 aliphatic heterocycles. The normalized spacial score (nSPS) is 14.0. The molecule has 1 aliphatic rings. The first-order valence-electron chi connectivity index (χ1n) is 13.3. The van der Waals surface area contributed by atoms with Gasteiger partial charge in [0.1, 0.15) is 6.54 Å². The Balaban J connectivity index is 1.27. The van der Waals surface area contributed by atoms with Crippen molar-refractivity contribution < 1.29 is 14.3 Å². The summed E-state index contributed by atoms with van der Waals surface area (Å²) in [6.07, 6.45) is 0.760. The summed E-state index contributed by atoms with van der Waals surface area (Å²) in [5.41, 5.74) is 3.97. The van der Waals surface area contributed by atoms with Crippen molar-refractivity contribution in [2.45, 2.75) is 40.2 Å². The molecule has 9 heteroatoms. The van der Waals surface area contributed by atoms with Crippen molar-refractivity contribution in [2.75, 3.05) is 50.8 Å². The molecular formula is C29H37N5O4. The zero-order valence-corrected chi connectivity index (χ0v) is 22.5. The number of esters is 1. The van der Waals surface area contributed by atoms with Gasteiger partial charge >= 0.3 is 5.97 Å². The predicted molar refractivity (Wildman–Crippen MR) is 149 cm³/mol. The number of piperazine rings is 1. The fourth-order valence-electron chi connectivity index (χ4n) is 4.99. The minimum absolute atomic E-state index is 0.0625. The van der Waals surface area contributed by atoms with Crippen LogP contribution in [0.5, 0.6) is 0 Å². The highest BCUT2D eigenvalue weighted by molar-refractivity contribution is 5.87. The van der Waals surface area contributed by atoms with Gasteiger partial charge in [0.25, 0.3) is 5.56 Å². The first kappa shape index (κ1) is 27.3. The zero-order chi connectivity index (χ0) is 27.1. The average molecular weight is 520 g/mol. The maximum absolute atomic E-state index is 12.9. The van der Waals surface area contributed by atoms with E-state index in [1.54, 1.807) is 31.2 Å². The molecule has 38 heavy (non-hydrogen) atoms. The van der Waals surface area contributed by atoms with Crippen molar-refractivity contribution in [3.63, 3.8) is 0 Å². The number of benzene rings is 2. The molecule has 0 atom stereocenters. The molecule has 1 aromatic heterocycles. The van der Waals surface area contributed by atoms with Crippen LogP contribution in [0.1, 0.15) is 30.2 Å². The third-order valence-electron chi connectivity index (χ3n) is 6.89. The summed E-state index contributed by atoms with van der Waals surface area (Å²) in [5.74, 6) is -0.703. The first-order valence-corrected chi connectivity index (χ1v) is 13.3. The number of hydrogen-bond donors (Lipinski definition) is 1. The number of fused-ring (bicyclic) bond motifs is 1. The Labute approximate surface area is 223 Å². The van der Waals surface area contributed by atoms with Gasteiger partial charge < -0.3 is 15.0 Å². The number of carbonyl (C=O) groups excluding carboxylic acids is 2. The Kier molecular flexibility index (Phi) is 9.12. The molecule has 1 amide bonds. The van der Waals surface area contributed by atoms with Crippen molar-refractivity contribution in [2.24, 2.45) is 0 Å². The number of aromatic nitrogens is 2. The van der Waals surface area contributed by atoms with Crippen molar-refractivity contribution in [3.05, 3.63) is 69.6 Å². The maximum Gasteiger partial charge on any atom is 0.311 e. The van der Waals surface area contributed by atoms with Gasteiger partial charge in [0.05, 0.1) is 24.1 Å². The minimum Gasteiger partial charge on any atom is -0.466 e. The molecule has 0 bridgehead atoms. The number of aryl methyl sites for hydroxylation is 2. The van der Waals surface area contributed by atoms with Gasteiger partial charge in [-0.2, -0.15) is 5.10 Å². The molecular weight excluding hydrogens is 482 g/mol. The molecule has 2 heterocycles. The van der Waals surface area contributed by atoms with E-state index in [2.05, 4.69) is 52.3 Å². The van der Waals surface area contributed by atoms with Crippen molar-refractivity contribution in [1.29, 1.82) is 0 Å². The Hall–Kier alpha value is -3.72. The quantitative estimate of drug-likeness (QED) is 0.325. The standard InChI is InChI=1S/C29H37N5O4/c1-4-38-28(36)19-25-23-8-5-6-9-24(23)29(37)34(31-25)20-27(35)30-12-7-13-32-14-16-33(17-15-32)26-11-10-21(2)18-22(26)3/h5-6,8-11,18H,4,7,12-17,19-20H2,1-3H3,(H,30,35). The monoisotopic (exact) mass is 519 g/mol. The number of nitrogens with one attached hydrogen (secondary N) is 1. The summed E-state index contributed by atoms with van der Waals surface area (Å²) in [6, 6.07) is 13.6. The van der Waals surface area contributed by atoms with Gasteiger partial charge in [-0.05, 0) is 51.4 Å². The number of amides is 1. The Bertz CT molecular complexity index is 1340. The van der Waals surface area contributed by atoms with Gasteiger partial charge in [-0.25, -0.2) is 4.68 Å². The van der Waals surface area contributed by atoms with Crippen LogP contribution in [0.25, 0.3) is 10.8 Å². The summed E-state index contributed by atoms with van der Waals surface area (Å²) in [7, 11) is 0. The Morgan fingerprint density at radius 3 is 2.47 bits per heavy atom. The molecule has 1 saturated heterocycles. The third kappa shape index (κ3) is 6.77. The van der Waals surface area contributed by atoms with E-state index < -0.39 is 5.97 Å². The smallest absolute Gasteiger partial charge is 0.311 e. The van der Waals surface area contributed by atoms with Gasteiger partial charge in [-0.1, -0.05) is 35.9 Å². The van der Waals surface area contributed by atoms with Crippen LogP contribution in [0.2, 0.25) is 0 Å². The van der Waals surface area contributed by atoms with Gasteiger partial charge in [0, 0.05) is 43.8 Å². The van der Waals surface area contributed by atoms with Crippen LogP contribution in [-0.2, 0) is 27.3 Å². The lowest BCUT2D eigenvalue weighted by atomic mass is 10.1. The predicted octanol–water partition coefficient (Wildman–Crippen LogP) is 2.45. The van der Waals surface area contributed by atoms with E-state index in [1.807, 2.05) is 0 Å². The highest BCUT2D eigenvalue weighted by Gasteiger charge is 2.19. The number of hydrogen-bond acceptors (Lipinski definition) is 7. The molecule has 3 aromatic rings. The SMILES string of the molecule is CCOC(=O)Cc1nn(CC(=O)NCCCN2CCN(c3ccc(C)cc3C)CC2)c(=O)c2ccccc12. The molecule has 202 valence electrons. The molecule has 2 aromatic carbocycles. The molecule has 0 aliphatic carbocycles. The topological polar surface area (TPSA) is 96.8 Å². The van der Waals surface area contributed by atoms with Crippen molar-refractivity contribution in [1.82, 2.24) is 20.0 Å². The summed E-state index contributed by atoms with van der Waals surface area (Å²) >= 11 is 0. The number of nitrogens with zero attached hydrogens (tertiary/aromatic N) is 4. The van der Waals surface area contributed by atoms with Gasteiger partial charge in [0.15, 0.2) is 0 Å². The highest BCUT2D eigenvalue weighted by atomic mass is 16.5. The Morgan fingerprint density at radius 2 is 1.76 bits per heavy atom. The van der Waals surface area contributed by atoms with E-state index in [-0.39, 0.29) is 31.0 Å². The average Bonchev–Trinajstić information content (AvgIpc) is 2.90. The van der Waals surface area contributed by atoms with Crippen LogP contribution >= 0.6 is 0 Å².